The van der Waals surface area contributed by atoms with Crippen molar-refractivity contribution in [3.8, 4) is 0 Å². The van der Waals surface area contributed by atoms with Gasteiger partial charge in [-0.05, 0) is 72.9 Å². The van der Waals surface area contributed by atoms with Gasteiger partial charge in [0.1, 0.15) is 18.1 Å². The number of fused-ring (bicyclic) bond motifs is 3. The number of nitrogens with zero attached hydrogens (tertiary/aromatic N) is 1. The number of aliphatic carboxylic acids is 1. The van der Waals surface area contributed by atoms with Crippen molar-refractivity contribution in [2.45, 2.75) is 71.5 Å². The molecule has 3 heterocycles. The standard InChI is InChI=1S/C34H41NO7/c1-21(2)26-18-27-32(34(40)35(33(27)39)16-8-4-7-11-30(37)38)28-20-41-29(31(26)28)15-12-23(22-9-5-3-6-10-22)17-24-13-14-25(19-36)42-24/h3,5-6,9-10,13-14,17,21,27-29,32,36H,4,7-8,11-12,15-16,18-20H2,1-2H3,(H,37,38)/b23-17-/t27-,28+,29-,32-/m1/s1. The fraction of sp³-hybridized carbons (Fsp3) is 0.500. The number of furan rings is 1. The Morgan fingerprint density at radius 3 is 2.50 bits per heavy atom. The largest absolute Gasteiger partial charge is 0.481 e. The number of allylic oxidation sites excluding steroid dienone is 2. The maximum Gasteiger partial charge on any atom is 0.303 e. The first-order valence-electron chi connectivity index (χ1n) is 15.2. The number of rotatable bonds is 13. The minimum absolute atomic E-state index is 0.0844. The number of carbonyl (C=O) groups excluding carboxylic acids is 2. The molecule has 3 aliphatic rings. The van der Waals surface area contributed by atoms with Gasteiger partial charge in [0.2, 0.25) is 11.8 Å². The highest BCUT2D eigenvalue weighted by Crippen LogP contribution is 2.51. The van der Waals surface area contributed by atoms with E-state index in [2.05, 4.69) is 26.0 Å². The van der Waals surface area contributed by atoms with Gasteiger partial charge in [-0.1, -0.05) is 56.2 Å². The van der Waals surface area contributed by atoms with Crippen LogP contribution in [0, 0.1) is 23.7 Å². The number of hydrogen-bond donors (Lipinski definition) is 2. The molecule has 4 atom stereocenters. The lowest BCUT2D eigenvalue weighted by molar-refractivity contribution is -0.141. The van der Waals surface area contributed by atoms with Crippen LogP contribution in [0.1, 0.15) is 75.9 Å². The van der Waals surface area contributed by atoms with E-state index in [0.717, 1.165) is 24.0 Å². The lowest BCUT2D eigenvalue weighted by atomic mass is 9.67. The van der Waals surface area contributed by atoms with E-state index in [9.17, 15) is 19.5 Å². The second kappa shape index (κ2) is 13.2. The minimum Gasteiger partial charge on any atom is -0.481 e. The molecule has 0 bridgehead atoms. The van der Waals surface area contributed by atoms with Crippen LogP contribution >= 0.6 is 0 Å². The summed E-state index contributed by atoms with van der Waals surface area (Å²) in [7, 11) is 0. The molecule has 5 rings (SSSR count). The van der Waals surface area contributed by atoms with E-state index in [-0.39, 0.29) is 54.6 Å². The van der Waals surface area contributed by atoms with E-state index in [1.807, 2.05) is 30.3 Å². The van der Waals surface area contributed by atoms with Crippen molar-refractivity contribution in [3.05, 3.63) is 70.7 Å². The Labute approximate surface area is 247 Å². The van der Waals surface area contributed by atoms with Gasteiger partial charge < -0.3 is 19.4 Å². The molecule has 1 aliphatic carbocycles. The van der Waals surface area contributed by atoms with E-state index >= 15 is 0 Å². The molecule has 1 aromatic heterocycles. The first kappa shape index (κ1) is 30.0. The number of carboxylic acids is 1. The molecule has 224 valence electrons. The molecule has 0 radical (unpaired) electrons. The van der Waals surface area contributed by atoms with Crippen LogP contribution in [0.2, 0.25) is 0 Å². The second-order valence-electron chi connectivity index (χ2n) is 12.0. The van der Waals surface area contributed by atoms with Gasteiger partial charge in [-0.15, -0.1) is 0 Å². The van der Waals surface area contributed by atoms with E-state index < -0.39 is 5.97 Å². The normalized spacial score (nSPS) is 24.1. The monoisotopic (exact) mass is 575 g/mol. The van der Waals surface area contributed by atoms with E-state index in [4.69, 9.17) is 14.3 Å². The molecule has 8 nitrogen and oxygen atoms in total. The van der Waals surface area contributed by atoms with Gasteiger partial charge in [-0.3, -0.25) is 19.3 Å². The van der Waals surface area contributed by atoms with Crippen molar-refractivity contribution in [3.63, 3.8) is 0 Å². The van der Waals surface area contributed by atoms with Crippen LogP contribution in [0.15, 0.2) is 58.0 Å². The maximum absolute atomic E-state index is 13.6. The highest BCUT2D eigenvalue weighted by Gasteiger charge is 2.56. The van der Waals surface area contributed by atoms with Crippen molar-refractivity contribution in [2.75, 3.05) is 13.2 Å². The smallest absolute Gasteiger partial charge is 0.303 e. The summed E-state index contributed by atoms with van der Waals surface area (Å²) in [5.41, 5.74) is 4.65. The molecule has 0 spiro atoms. The molecule has 2 N–H and O–H groups in total. The summed E-state index contributed by atoms with van der Waals surface area (Å²) in [6, 6.07) is 13.8. The van der Waals surface area contributed by atoms with Crippen LogP contribution in [-0.2, 0) is 25.7 Å². The fourth-order valence-electron chi connectivity index (χ4n) is 6.93. The predicted octanol–water partition coefficient (Wildman–Crippen LogP) is 5.71. The quantitative estimate of drug-likeness (QED) is 0.178. The number of unbranched alkanes of at least 4 members (excludes halogenated alkanes) is 2. The van der Waals surface area contributed by atoms with Gasteiger partial charge in [0.05, 0.1) is 24.5 Å². The molecular weight excluding hydrogens is 534 g/mol. The number of aliphatic hydroxyl groups excluding tert-OH is 1. The lowest BCUT2D eigenvalue weighted by Gasteiger charge is -2.33. The van der Waals surface area contributed by atoms with E-state index in [0.29, 0.717) is 50.4 Å². The van der Waals surface area contributed by atoms with Gasteiger partial charge in [0.25, 0.3) is 0 Å². The number of carbonyl (C=O) groups is 3. The maximum atomic E-state index is 13.6. The number of benzene rings is 1. The molecule has 2 fully saturated rings. The molecule has 1 aromatic carbocycles. The zero-order valence-corrected chi connectivity index (χ0v) is 24.5. The van der Waals surface area contributed by atoms with Crippen LogP contribution < -0.4 is 0 Å². The highest BCUT2D eigenvalue weighted by molar-refractivity contribution is 6.06. The third kappa shape index (κ3) is 6.30. The molecule has 0 saturated carbocycles. The molecule has 2 saturated heterocycles. The van der Waals surface area contributed by atoms with E-state index in [1.165, 1.54) is 16.0 Å². The van der Waals surface area contributed by atoms with Gasteiger partial charge in [0.15, 0.2) is 0 Å². The Morgan fingerprint density at radius 2 is 1.81 bits per heavy atom. The van der Waals surface area contributed by atoms with E-state index in [1.54, 1.807) is 6.07 Å². The summed E-state index contributed by atoms with van der Waals surface area (Å²) < 4.78 is 12.2. The summed E-state index contributed by atoms with van der Waals surface area (Å²) in [6.07, 6.45) is 5.89. The highest BCUT2D eigenvalue weighted by atomic mass is 16.5. The molecule has 2 aromatic rings. The van der Waals surface area contributed by atoms with Crippen molar-refractivity contribution >= 4 is 29.4 Å². The van der Waals surface area contributed by atoms with Crippen molar-refractivity contribution in [1.82, 2.24) is 4.90 Å². The van der Waals surface area contributed by atoms with Gasteiger partial charge in [-0.2, -0.15) is 0 Å². The van der Waals surface area contributed by atoms with Gasteiger partial charge in [-0.25, -0.2) is 0 Å². The topological polar surface area (TPSA) is 117 Å². The van der Waals surface area contributed by atoms with Crippen LogP contribution in [0.4, 0.5) is 0 Å². The van der Waals surface area contributed by atoms with Crippen LogP contribution in [0.25, 0.3) is 11.6 Å². The number of imide groups is 1. The van der Waals surface area contributed by atoms with Gasteiger partial charge in [0, 0.05) is 18.9 Å². The van der Waals surface area contributed by atoms with Crippen LogP contribution in [-0.4, -0.2) is 52.2 Å². The minimum atomic E-state index is -0.826. The summed E-state index contributed by atoms with van der Waals surface area (Å²) in [6.45, 7) is 4.95. The number of hydrogen-bond acceptors (Lipinski definition) is 6. The molecule has 2 aliphatic heterocycles. The Hall–Kier alpha value is -3.49. The first-order valence-corrected chi connectivity index (χ1v) is 15.2. The second-order valence-corrected chi connectivity index (χ2v) is 12.0. The lowest BCUT2D eigenvalue weighted by Crippen LogP contribution is -2.35. The predicted molar refractivity (Wildman–Crippen MR) is 158 cm³/mol. The van der Waals surface area contributed by atoms with Crippen LogP contribution in [0.3, 0.4) is 0 Å². The molecule has 42 heavy (non-hydrogen) atoms. The summed E-state index contributed by atoms with van der Waals surface area (Å²) >= 11 is 0. The molecule has 0 unspecified atom stereocenters. The summed E-state index contributed by atoms with van der Waals surface area (Å²) in [4.78, 5) is 39.3. The first-order chi connectivity index (χ1) is 20.3. The fourth-order valence-corrected chi connectivity index (χ4v) is 6.93. The van der Waals surface area contributed by atoms with Crippen molar-refractivity contribution in [2.24, 2.45) is 23.7 Å². The Bertz CT molecular complexity index is 1350. The van der Waals surface area contributed by atoms with Crippen molar-refractivity contribution in [1.29, 1.82) is 0 Å². The number of aliphatic hydroxyl groups is 1. The van der Waals surface area contributed by atoms with Crippen molar-refractivity contribution < 1.29 is 33.8 Å². The SMILES string of the molecule is CC(C)C1=C2[C@@H](CC/C(=C/c3ccc(CO)o3)c3ccccc3)OC[C@@H]2[C@@H]2C(=O)N(CCCCCC(=O)O)C(=O)[C@@H]2C1. The average molecular weight is 576 g/mol. The number of amides is 2. The Kier molecular flexibility index (Phi) is 9.43. The average Bonchev–Trinajstić information content (AvgIpc) is 3.68. The summed E-state index contributed by atoms with van der Waals surface area (Å²) in [5, 5.41) is 18.3. The summed E-state index contributed by atoms with van der Waals surface area (Å²) in [5.74, 6) is -0.390. The molecular formula is C34H41NO7. The van der Waals surface area contributed by atoms with Gasteiger partial charge >= 0.3 is 5.97 Å². The Morgan fingerprint density at radius 1 is 1.02 bits per heavy atom. The third-order valence-corrected chi connectivity index (χ3v) is 8.98. The molecule has 8 heteroatoms. The Balaban J connectivity index is 1.33. The van der Waals surface area contributed by atoms with Crippen LogP contribution in [0.5, 0.6) is 0 Å². The third-order valence-electron chi connectivity index (χ3n) is 8.98. The number of carboxylic acid groups (broad SMARTS) is 1. The zero-order chi connectivity index (χ0) is 29.8. The molecule has 2 amide bonds. The number of likely N-dealkylation sites (tertiary alicyclic amines) is 1. The number of ether oxygens (including phenoxy) is 1. The zero-order valence-electron chi connectivity index (χ0n) is 24.5.